The first-order valence-corrected chi connectivity index (χ1v) is 10.2. The van der Waals surface area contributed by atoms with Crippen molar-refractivity contribution in [2.45, 2.75) is 20.0 Å². The highest BCUT2D eigenvalue weighted by molar-refractivity contribution is 7.17. The van der Waals surface area contributed by atoms with Gasteiger partial charge in [-0.1, -0.05) is 12.1 Å². The topological polar surface area (TPSA) is 102 Å². The number of aryl methyl sites for hydroxylation is 1. The van der Waals surface area contributed by atoms with Gasteiger partial charge in [-0.2, -0.15) is 0 Å². The number of thiophene rings is 1. The van der Waals surface area contributed by atoms with E-state index in [9.17, 15) is 4.79 Å². The van der Waals surface area contributed by atoms with E-state index in [1.54, 1.807) is 31.8 Å². The van der Waals surface area contributed by atoms with Crippen molar-refractivity contribution < 1.29 is 9.53 Å². The van der Waals surface area contributed by atoms with E-state index in [1.807, 2.05) is 30.5 Å². The Bertz CT molecular complexity index is 1180. The molecule has 4 rings (SSSR count). The first kappa shape index (κ1) is 19.7. The Morgan fingerprint density at radius 2 is 2.00 bits per heavy atom. The van der Waals surface area contributed by atoms with Crippen LogP contribution in [0.4, 0.5) is 5.95 Å². The molecule has 0 fully saturated rings. The lowest BCUT2D eigenvalue weighted by Crippen LogP contribution is -2.24. The van der Waals surface area contributed by atoms with E-state index >= 15 is 0 Å². The summed E-state index contributed by atoms with van der Waals surface area (Å²) in [5.74, 6) is 0.667. The quantitative estimate of drug-likeness (QED) is 0.473. The van der Waals surface area contributed by atoms with Gasteiger partial charge in [0.1, 0.15) is 0 Å². The number of anilines is 1. The summed E-state index contributed by atoms with van der Waals surface area (Å²) in [7, 11) is 1.56. The molecule has 0 atom stereocenters. The molecule has 0 saturated heterocycles. The van der Waals surface area contributed by atoms with Crippen molar-refractivity contribution >= 4 is 33.4 Å². The van der Waals surface area contributed by atoms with Gasteiger partial charge in [0.25, 0.3) is 5.91 Å². The zero-order valence-electron chi connectivity index (χ0n) is 16.5. The third kappa shape index (κ3) is 4.52. The van der Waals surface area contributed by atoms with Gasteiger partial charge in [0, 0.05) is 37.7 Å². The molecule has 0 spiro atoms. The van der Waals surface area contributed by atoms with E-state index in [0.717, 1.165) is 26.9 Å². The van der Waals surface area contributed by atoms with Crippen molar-refractivity contribution in [3.05, 3.63) is 70.6 Å². The number of fused-ring (bicyclic) bond motifs is 1. The fourth-order valence-corrected chi connectivity index (χ4v) is 3.71. The zero-order chi connectivity index (χ0) is 20.9. The molecule has 4 aromatic rings. The molecular weight excluding hydrogens is 400 g/mol. The SMILES string of the molecule is COc1ccc(CNC(=O)c2nc(NCc3cncc(C)c3)nc3ccsc23)cn1. The predicted molar refractivity (Wildman–Crippen MR) is 116 cm³/mol. The molecule has 0 bridgehead atoms. The molecule has 0 aromatic carbocycles. The fraction of sp³-hybridized carbons (Fsp3) is 0.190. The number of hydrogen-bond acceptors (Lipinski definition) is 8. The van der Waals surface area contributed by atoms with E-state index in [1.165, 1.54) is 11.3 Å². The maximum absolute atomic E-state index is 12.8. The molecule has 30 heavy (non-hydrogen) atoms. The van der Waals surface area contributed by atoms with E-state index in [4.69, 9.17) is 4.74 Å². The van der Waals surface area contributed by atoms with Gasteiger partial charge in [-0.05, 0) is 35.1 Å². The van der Waals surface area contributed by atoms with Gasteiger partial charge in [-0.3, -0.25) is 9.78 Å². The zero-order valence-corrected chi connectivity index (χ0v) is 17.4. The van der Waals surface area contributed by atoms with Crippen LogP contribution in [0.1, 0.15) is 27.2 Å². The third-order valence-corrected chi connectivity index (χ3v) is 5.27. The van der Waals surface area contributed by atoms with Crippen molar-refractivity contribution in [3.63, 3.8) is 0 Å². The summed E-state index contributed by atoms with van der Waals surface area (Å²) in [6, 6.07) is 7.53. The van der Waals surface area contributed by atoms with Crippen LogP contribution < -0.4 is 15.4 Å². The maximum atomic E-state index is 12.8. The third-order valence-electron chi connectivity index (χ3n) is 4.36. The summed E-state index contributed by atoms with van der Waals surface area (Å²) < 4.78 is 5.81. The van der Waals surface area contributed by atoms with Gasteiger partial charge in [-0.15, -0.1) is 11.3 Å². The number of ether oxygens (including phenoxy) is 1. The first-order valence-electron chi connectivity index (χ1n) is 9.29. The Labute approximate surface area is 177 Å². The lowest BCUT2D eigenvalue weighted by Gasteiger charge is -2.09. The summed E-state index contributed by atoms with van der Waals surface area (Å²) in [4.78, 5) is 30.2. The second kappa shape index (κ2) is 8.83. The standard InChI is InChI=1S/C21H20N6O2S/c1-13-7-15(9-22-8-13)12-25-21-26-16-5-6-30-19(16)18(27-21)20(28)24-11-14-3-4-17(29-2)23-10-14/h3-10H,11-12H2,1-2H3,(H,24,28)(H,25,26,27). The second-order valence-electron chi connectivity index (χ2n) is 6.65. The summed E-state index contributed by atoms with van der Waals surface area (Å²) in [6.45, 7) is 2.85. The summed E-state index contributed by atoms with van der Waals surface area (Å²) >= 11 is 1.44. The number of aromatic nitrogens is 4. The number of nitrogens with zero attached hydrogens (tertiary/aromatic N) is 4. The molecule has 8 nitrogen and oxygen atoms in total. The van der Waals surface area contributed by atoms with Crippen LogP contribution in [-0.4, -0.2) is 33.0 Å². The van der Waals surface area contributed by atoms with Crippen LogP contribution in [0, 0.1) is 6.92 Å². The molecule has 0 aliphatic carbocycles. The molecule has 0 saturated carbocycles. The Morgan fingerprint density at radius 3 is 2.77 bits per heavy atom. The minimum Gasteiger partial charge on any atom is -0.481 e. The number of carbonyl (C=O) groups is 1. The lowest BCUT2D eigenvalue weighted by molar-refractivity contribution is 0.0948. The predicted octanol–water partition coefficient (Wildman–Crippen LogP) is 3.34. The van der Waals surface area contributed by atoms with Crippen LogP contribution in [0.5, 0.6) is 5.88 Å². The molecule has 4 heterocycles. The molecule has 0 aliphatic rings. The van der Waals surface area contributed by atoms with Gasteiger partial charge in [0.05, 0.1) is 17.3 Å². The Morgan fingerprint density at radius 1 is 1.10 bits per heavy atom. The Balaban J connectivity index is 1.50. The normalized spacial score (nSPS) is 10.7. The van der Waals surface area contributed by atoms with Gasteiger partial charge in [0.15, 0.2) is 5.69 Å². The lowest BCUT2D eigenvalue weighted by atomic mass is 10.2. The largest absolute Gasteiger partial charge is 0.481 e. The van der Waals surface area contributed by atoms with Crippen molar-refractivity contribution in [1.29, 1.82) is 0 Å². The number of hydrogen-bond donors (Lipinski definition) is 2. The first-order chi connectivity index (χ1) is 14.6. The highest BCUT2D eigenvalue weighted by Gasteiger charge is 2.16. The number of carbonyl (C=O) groups excluding carboxylic acids is 1. The Hall–Kier alpha value is -3.59. The van der Waals surface area contributed by atoms with E-state index in [2.05, 4.69) is 30.6 Å². The maximum Gasteiger partial charge on any atom is 0.271 e. The van der Waals surface area contributed by atoms with Crippen LogP contribution in [0.3, 0.4) is 0 Å². The monoisotopic (exact) mass is 420 g/mol. The van der Waals surface area contributed by atoms with Crippen molar-refractivity contribution in [3.8, 4) is 5.88 Å². The van der Waals surface area contributed by atoms with E-state index < -0.39 is 0 Å². The van der Waals surface area contributed by atoms with E-state index in [0.29, 0.717) is 30.6 Å². The van der Waals surface area contributed by atoms with E-state index in [-0.39, 0.29) is 5.91 Å². The number of methoxy groups -OCH3 is 1. The number of nitrogens with one attached hydrogen (secondary N) is 2. The molecule has 9 heteroatoms. The summed E-state index contributed by atoms with van der Waals surface area (Å²) in [5, 5.41) is 7.99. The summed E-state index contributed by atoms with van der Waals surface area (Å²) in [6.07, 6.45) is 5.26. The minimum atomic E-state index is -0.263. The molecule has 0 radical (unpaired) electrons. The Kier molecular flexibility index (Phi) is 5.80. The molecular formula is C21H20N6O2S. The number of pyridine rings is 2. The van der Waals surface area contributed by atoms with Gasteiger partial charge in [-0.25, -0.2) is 15.0 Å². The van der Waals surface area contributed by atoms with Gasteiger partial charge >= 0.3 is 0 Å². The van der Waals surface area contributed by atoms with Crippen LogP contribution in [0.25, 0.3) is 10.2 Å². The van der Waals surface area contributed by atoms with Crippen molar-refractivity contribution in [1.82, 2.24) is 25.3 Å². The van der Waals surface area contributed by atoms with Gasteiger partial charge in [0.2, 0.25) is 11.8 Å². The van der Waals surface area contributed by atoms with Crippen LogP contribution in [0.15, 0.2) is 48.2 Å². The molecule has 2 N–H and O–H groups in total. The fourth-order valence-electron chi connectivity index (χ4n) is 2.89. The summed E-state index contributed by atoms with van der Waals surface area (Å²) in [5.41, 5.74) is 4.04. The highest BCUT2D eigenvalue weighted by Crippen LogP contribution is 2.24. The van der Waals surface area contributed by atoms with Gasteiger partial charge < -0.3 is 15.4 Å². The molecule has 0 unspecified atom stereocenters. The van der Waals surface area contributed by atoms with Crippen LogP contribution >= 0.6 is 11.3 Å². The second-order valence-corrected chi connectivity index (χ2v) is 7.56. The molecule has 4 aromatic heterocycles. The van der Waals surface area contributed by atoms with Crippen LogP contribution in [0.2, 0.25) is 0 Å². The van der Waals surface area contributed by atoms with Crippen LogP contribution in [-0.2, 0) is 13.1 Å². The highest BCUT2D eigenvalue weighted by atomic mass is 32.1. The molecule has 1 amide bonds. The smallest absolute Gasteiger partial charge is 0.271 e. The minimum absolute atomic E-state index is 0.263. The molecule has 152 valence electrons. The number of amides is 1. The average molecular weight is 420 g/mol. The van der Waals surface area contributed by atoms with Crippen molar-refractivity contribution in [2.24, 2.45) is 0 Å². The molecule has 0 aliphatic heterocycles. The van der Waals surface area contributed by atoms with Crippen molar-refractivity contribution in [2.75, 3.05) is 12.4 Å². The average Bonchev–Trinajstić information content (AvgIpc) is 3.24. The number of rotatable bonds is 7.